The molecular formula is C21H37ClN4O. The van der Waals surface area contributed by atoms with E-state index in [1.165, 1.54) is 42.9 Å². The van der Waals surface area contributed by atoms with Gasteiger partial charge in [0.2, 0.25) is 0 Å². The second kappa shape index (κ2) is 11.0. The molecule has 1 aromatic carbocycles. The van der Waals surface area contributed by atoms with Gasteiger partial charge in [0.1, 0.15) is 5.75 Å². The van der Waals surface area contributed by atoms with Crippen molar-refractivity contribution in [2.24, 2.45) is 5.92 Å². The first-order valence-electron chi connectivity index (χ1n) is 10.3. The van der Waals surface area contributed by atoms with Gasteiger partial charge in [-0.15, -0.1) is 12.4 Å². The summed E-state index contributed by atoms with van der Waals surface area (Å²) in [5.41, 5.74) is 3.88. The van der Waals surface area contributed by atoms with Crippen LogP contribution in [0.4, 0.5) is 11.4 Å². The molecule has 154 valence electrons. The van der Waals surface area contributed by atoms with Gasteiger partial charge in [-0.05, 0) is 44.3 Å². The summed E-state index contributed by atoms with van der Waals surface area (Å²) in [6, 6.07) is 4.42. The SMILES string of the molecule is Cc1c(NCCN2CCCC2)cc(OCC(C)C)cc1N1CCNCC1.Cl. The van der Waals surface area contributed by atoms with E-state index in [2.05, 4.69) is 53.3 Å². The minimum absolute atomic E-state index is 0. The highest BCUT2D eigenvalue weighted by atomic mass is 35.5. The average molecular weight is 397 g/mol. The van der Waals surface area contributed by atoms with Crippen molar-refractivity contribution in [1.29, 1.82) is 0 Å². The predicted molar refractivity (Wildman–Crippen MR) is 118 cm³/mol. The summed E-state index contributed by atoms with van der Waals surface area (Å²) in [6.45, 7) is 16.2. The van der Waals surface area contributed by atoms with Crippen LogP contribution in [-0.2, 0) is 0 Å². The van der Waals surface area contributed by atoms with Gasteiger partial charge in [-0.25, -0.2) is 0 Å². The third-order valence-corrected chi connectivity index (χ3v) is 5.34. The zero-order valence-corrected chi connectivity index (χ0v) is 18.0. The normalized spacial score (nSPS) is 17.9. The Hall–Kier alpha value is -1.17. The summed E-state index contributed by atoms with van der Waals surface area (Å²) in [6.07, 6.45) is 2.70. The fourth-order valence-corrected chi connectivity index (χ4v) is 3.79. The monoisotopic (exact) mass is 396 g/mol. The van der Waals surface area contributed by atoms with Gasteiger partial charge in [0.05, 0.1) is 6.61 Å². The Balaban J connectivity index is 0.00000261. The third-order valence-electron chi connectivity index (χ3n) is 5.34. The minimum atomic E-state index is 0. The number of halogens is 1. The van der Waals surface area contributed by atoms with Gasteiger partial charge in [-0.2, -0.15) is 0 Å². The summed E-state index contributed by atoms with van der Waals surface area (Å²) in [5, 5.41) is 7.13. The topological polar surface area (TPSA) is 39.8 Å². The molecule has 2 aliphatic rings. The molecule has 0 unspecified atom stereocenters. The lowest BCUT2D eigenvalue weighted by molar-refractivity contribution is 0.271. The highest BCUT2D eigenvalue weighted by Gasteiger charge is 2.17. The molecule has 0 radical (unpaired) electrons. The zero-order chi connectivity index (χ0) is 18.4. The van der Waals surface area contributed by atoms with Crippen molar-refractivity contribution < 1.29 is 4.74 Å². The Morgan fingerprint density at radius 2 is 1.81 bits per heavy atom. The molecule has 0 bridgehead atoms. The molecule has 0 amide bonds. The summed E-state index contributed by atoms with van der Waals surface area (Å²) in [5.74, 6) is 1.52. The van der Waals surface area contributed by atoms with E-state index < -0.39 is 0 Å². The van der Waals surface area contributed by atoms with E-state index in [1.54, 1.807) is 0 Å². The predicted octanol–water partition coefficient (Wildman–Crippen LogP) is 3.37. The zero-order valence-electron chi connectivity index (χ0n) is 17.2. The first-order valence-corrected chi connectivity index (χ1v) is 10.3. The molecule has 27 heavy (non-hydrogen) atoms. The molecule has 0 saturated carbocycles. The molecule has 2 saturated heterocycles. The minimum Gasteiger partial charge on any atom is -0.493 e. The van der Waals surface area contributed by atoms with E-state index in [0.717, 1.165) is 51.6 Å². The Morgan fingerprint density at radius 3 is 2.48 bits per heavy atom. The Morgan fingerprint density at radius 1 is 1.11 bits per heavy atom. The summed E-state index contributed by atoms with van der Waals surface area (Å²) < 4.78 is 6.08. The number of nitrogens with one attached hydrogen (secondary N) is 2. The third kappa shape index (κ3) is 6.44. The van der Waals surface area contributed by atoms with Gasteiger partial charge in [-0.1, -0.05) is 13.8 Å². The van der Waals surface area contributed by atoms with E-state index in [1.807, 2.05) is 0 Å². The van der Waals surface area contributed by atoms with Crippen LogP contribution in [0.2, 0.25) is 0 Å². The lowest BCUT2D eigenvalue weighted by Crippen LogP contribution is -2.43. The fourth-order valence-electron chi connectivity index (χ4n) is 3.79. The fraction of sp³-hybridized carbons (Fsp3) is 0.714. The van der Waals surface area contributed by atoms with Crippen LogP contribution in [0.3, 0.4) is 0 Å². The number of piperazine rings is 1. The largest absolute Gasteiger partial charge is 0.493 e. The Labute approximate surface area is 171 Å². The van der Waals surface area contributed by atoms with Gasteiger partial charge in [0.25, 0.3) is 0 Å². The van der Waals surface area contributed by atoms with Crippen LogP contribution < -0.4 is 20.3 Å². The number of ether oxygens (including phenoxy) is 1. The molecule has 0 aliphatic carbocycles. The van der Waals surface area contributed by atoms with E-state index in [4.69, 9.17) is 4.74 Å². The van der Waals surface area contributed by atoms with Gasteiger partial charge in [-0.3, -0.25) is 0 Å². The first-order chi connectivity index (χ1) is 12.6. The molecule has 0 aromatic heterocycles. The summed E-state index contributed by atoms with van der Waals surface area (Å²) >= 11 is 0. The van der Waals surface area contributed by atoms with Crippen molar-refractivity contribution in [3.05, 3.63) is 17.7 Å². The van der Waals surface area contributed by atoms with Crippen LogP contribution in [-0.4, -0.2) is 63.9 Å². The standard InChI is InChI=1S/C21H36N4O.ClH/c1-17(2)16-26-19-14-20(23-8-11-24-9-4-5-10-24)18(3)21(15-19)25-12-6-22-7-13-25;/h14-15,17,22-23H,4-13,16H2,1-3H3;1H. The summed E-state index contributed by atoms with van der Waals surface area (Å²) in [4.78, 5) is 5.04. The lowest BCUT2D eigenvalue weighted by Gasteiger charge is -2.32. The highest BCUT2D eigenvalue weighted by Crippen LogP contribution is 2.33. The number of benzene rings is 1. The van der Waals surface area contributed by atoms with Gasteiger partial charge < -0.3 is 25.2 Å². The average Bonchev–Trinajstić information content (AvgIpc) is 3.16. The smallest absolute Gasteiger partial charge is 0.123 e. The molecule has 5 nitrogen and oxygen atoms in total. The van der Waals surface area contributed by atoms with E-state index in [-0.39, 0.29) is 12.4 Å². The molecule has 2 fully saturated rings. The lowest BCUT2D eigenvalue weighted by atomic mass is 10.1. The Kier molecular flexibility index (Phi) is 9.00. The first kappa shape index (κ1) is 22.1. The van der Waals surface area contributed by atoms with Crippen LogP contribution in [0, 0.1) is 12.8 Å². The second-order valence-electron chi connectivity index (χ2n) is 8.03. The molecule has 0 spiro atoms. The van der Waals surface area contributed by atoms with Crippen molar-refractivity contribution in [3.8, 4) is 5.75 Å². The number of rotatable bonds is 8. The van der Waals surface area contributed by atoms with Crippen LogP contribution in [0.1, 0.15) is 32.3 Å². The van der Waals surface area contributed by atoms with Crippen molar-refractivity contribution >= 4 is 23.8 Å². The molecular weight excluding hydrogens is 360 g/mol. The Bertz CT molecular complexity index is 570. The molecule has 2 heterocycles. The maximum absolute atomic E-state index is 6.08. The highest BCUT2D eigenvalue weighted by molar-refractivity contribution is 5.85. The molecule has 6 heteroatoms. The molecule has 2 aliphatic heterocycles. The molecule has 1 aromatic rings. The van der Waals surface area contributed by atoms with Crippen molar-refractivity contribution in [2.45, 2.75) is 33.6 Å². The van der Waals surface area contributed by atoms with Crippen molar-refractivity contribution in [3.63, 3.8) is 0 Å². The van der Waals surface area contributed by atoms with E-state index in [9.17, 15) is 0 Å². The van der Waals surface area contributed by atoms with E-state index in [0.29, 0.717) is 5.92 Å². The number of likely N-dealkylation sites (tertiary alicyclic amines) is 1. The van der Waals surface area contributed by atoms with Crippen molar-refractivity contribution in [2.75, 3.05) is 69.2 Å². The maximum atomic E-state index is 6.08. The molecule has 2 N–H and O–H groups in total. The molecule has 0 atom stereocenters. The van der Waals surface area contributed by atoms with Crippen molar-refractivity contribution in [1.82, 2.24) is 10.2 Å². The number of anilines is 2. The van der Waals surface area contributed by atoms with Crippen LogP contribution >= 0.6 is 12.4 Å². The number of nitrogens with zero attached hydrogens (tertiary/aromatic N) is 2. The van der Waals surface area contributed by atoms with Gasteiger partial charge in [0.15, 0.2) is 0 Å². The summed E-state index contributed by atoms with van der Waals surface area (Å²) in [7, 11) is 0. The number of hydrogen-bond acceptors (Lipinski definition) is 5. The molecule has 3 rings (SSSR count). The van der Waals surface area contributed by atoms with Gasteiger partial charge in [0, 0.05) is 62.8 Å². The van der Waals surface area contributed by atoms with E-state index >= 15 is 0 Å². The van der Waals surface area contributed by atoms with Crippen LogP contribution in [0.15, 0.2) is 12.1 Å². The second-order valence-corrected chi connectivity index (χ2v) is 8.03. The van der Waals surface area contributed by atoms with Crippen LogP contribution in [0.5, 0.6) is 5.75 Å². The maximum Gasteiger partial charge on any atom is 0.123 e. The number of hydrogen-bond donors (Lipinski definition) is 2. The van der Waals surface area contributed by atoms with Gasteiger partial charge >= 0.3 is 0 Å². The van der Waals surface area contributed by atoms with Crippen LogP contribution in [0.25, 0.3) is 0 Å². The quantitative estimate of drug-likeness (QED) is 0.705.